The van der Waals surface area contributed by atoms with Gasteiger partial charge in [-0.2, -0.15) is 0 Å². The predicted octanol–water partition coefficient (Wildman–Crippen LogP) is 1.53. The molecule has 1 atom stereocenters. The second-order valence-corrected chi connectivity index (χ2v) is 3.08. The lowest BCUT2D eigenvalue weighted by atomic mass is 10.1. The van der Waals surface area contributed by atoms with Gasteiger partial charge in [-0.15, -0.1) is 0 Å². The number of benzene rings is 1. The number of fused-ring (bicyclic) bond motifs is 1. The van der Waals surface area contributed by atoms with E-state index in [-0.39, 0.29) is 11.9 Å². The first-order valence-electron chi connectivity index (χ1n) is 3.87. The lowest BCUT2D eigenvalue weighted by Crippen LogP contribution is -2.12. The molecule has 0 saturated carbocycles. The second-order valence-electron chi connectivity index (χ2n) is 3.08. The Morgan fingerprint density at radius 3 is 3.08 bits per heavy atom. The summed E-state index contributed by atoms with van der Waals surface area (Å²) in [5, 5.41) is 0. The number of nitrogens with two attached hydrogens (primary N) is 1. The zero-order chi connectivity index (χ0) is 8.72. The average Bonchev–Trinajstić information content (AvgIpc) is 2.31. The highest BCUT2D eigenvalue weighted by atomic mass is 19.1. The molecular formula is C9H10FNO. The Morgan fingerprint density at radius 2 is 2.33 bits per heavy atom. The summed E-state index contributed by atoms with van der Waals surface area (Å²) in [6.07, 6.45) is 0. The monoisotopic (exact) mass is 167 g/mol. The van der Waals surface area contributed by atoms with Gasteiger partial charge in [0.25, 0.3) is 0 Å². The molecule has 64 valence electrons. The second kappa shape index (κ2) is 2.45. The summed E-state index contributed by atoms with van der Waals surface area (Å²) in [6.45, 7) is 2.21. The van der Waals surface area contributed by atoms with Gasteiger partial charge in [-0.3, -0.25) is 0 Å². The number of rotatable bonds is 0. The van der Waals surface area contributed by atoms with Crippen LogP contribution in [0.4, 0.5) is 4.39 Å². The molecule has 2 N–H and O–H groups in total. The molecule has 2 nitrogen and oxygen atoms in total. The third kappa shape index (κ3) is 0.975. The Hall–Kier alpha value is -1.09. The zero-order valence-corrected chi connectivity index (χ0v) is 6.80. The summed E-state index contributed by atoms with van der Waals surface area (Å²) >= 11 is 0. The van der Waals surface area contributed by atoms with Crippen molar-refractivity contribution >= 4 is 0 Å². The van der Waals surface area contributed by atoms with E-state index in [0.29, 0.717) is 17.9 Å². The molecule has 0 aliphatic carbocycles. The normalized spacial score (nSPS) is 20.4. The average molecular weight is 167 g/mol. The zero-order valence-electron chi connectivity index (χ0n) is 6.80. The van der Waals surface area contributed by atoms with Crippen LogP contribution < -0.4 is 10.5 Å². The fourth-order valence-corrected chi connectivity index (χ4v) is 1.46. The molecule has 3 heteroatoms. The van der Waals surface area contributed by atoms with Crippen molar-refractivity contribution in [2.24, 2.45) is 5.73 Å². The van der Waals surface area contributed by atoms with E-state index in [2.05, 4.69) is 0 Å². The van der Waals surface area contributed by atoms with Gasteiger partial charge in [-0.25, -0.2) is 4.39 Å². The smallest absolute Gasteiger partial charge is 0.132 e. The summed E-state index contributed by atoms with van der Waals surface area (Å²) in [6, 6.07) is 2.99. The van der Waals surface area contributed by atoms with Gasteiger partial charge in [0.1, 0.15) is 18.2 Å². The molecule has 12 heavy (non-hydrogen) atoms. The highest BCUT2D eigenvalue weighted by Gasteiger charge is 2.24. The van der Waals surface area contributed by atoms with E-state index in [1.807, 2.05) is 13.0 Å². The van der Waals surface area contributed by atoms with Crippen LogP contribution in [0.1, 0.15) is 17.2 Å². The molecule has 0 fully saturated rings. The molecule has 0 amide bonds. The summed E-state index contributed by atoms with van der Waals surface area (Å²) in [5.41, 5.74) is 7.01. The van der Waals surface area contributed by atoms with Crippen molar-refractivity contribution < 1.29 is 9.13 Å². The molecule has 1 aliphatic heterocycles. The fourth-order valence-electron chi connectivity index (χ4n) is 1.46. The predicted molar refractivity (Wildman–Crippen MR) is 43.6 cm³/mol. The third-order valence-electron chi connectivity index (χ3n) is 2.03. The molecular weight excluding hydrogens is 157 g/mol. The van der Waals surface area contributed by atoms with Gasteiger partial charge < -0.3 is 10.5 Å². The van der Waals surface area contributed by atoms with E-state index in [1.165, 1.54) is 6.07 Å². The van der Waals surface area contributed by atoms with Crippen molar-refractivity contribution in [2.45, 2.75) is 13.0 Å². The van der Waals surface area contributed by atoms with Crippen molar-refractivity contribution in [3.05, 3.63) is 29.1 Å². The maximum atomic E-state index is 13.2. The molecule has 0 saturated heterocycles. The van der Waals surface area contributed by atoms with Crippen LogP contribution in [0, 0.1) is 12.7 Å². The van der Waals surface area contributed by atoms with E-state index in [4.69, 9.17) is 10.5 Å². The maximum absolute atomic E-state index is 13.2. The number of halogens is 1. The minimum atomic E-state index is -0.305. The van der Waals surface area contributed by atoms with Gasteiger partial charge in [0.2, 0.25) is 0 Å². The standard InChI is InChI=1S/C9H10FNO/c1-5-2-6(10)9-7(11)4-12-8(9)3-5/h2-3,7H,4,11H2,1H3/t7-/m1/s1. The van der Waals surface area contributed by atoms with E-state index in [9.17, 15) is 4.39 Å². The van der Waals surface area contributed by atoms with Gasteiger partial charge in [-0.1, -0.05) is 0 Å². The largest absolute Gasteiger partial charge is 0.491 e. The van der Waals surface area contributed by atoms with Gasteiger partial charge in [0.05, 0.1) is 6.04 Å². The number of ether oxygens (including phenoxy) is 1. The topological polar surface area (TPSA) is 35.2 Å². The van der Waals surface area contributed by atoms with E-state index < -0.39 is 0 Å². The Kier molecular flexibility index (Phi) is 1.54. The third-order valence-corrected chi connectivity index (χ3v) is 2.03. The molecule has 0 unspecified atom stereocenters. The Balaban J connectivity index is 2.60. The maximum Gasteiger partial charge on any atom is 0.132 e. The molecule has 1 aromatic rings. The van der Waals surface area contributed by atoms with Gasteiger partial charge in [0, 0.05) is 5.56 Å². The van der Waals surface area contributed by atoms with Crippen LogP contribution in [0.3, 0.4) is 0 Å². The van der Waals surface area contributed by atoms with E-state index in [0.717, 1.165) is 5.56 Å². The molecule has 1 aromatic carbocycles. The minimum absolute atomic E-state index is 0.255. The first kappa shape index (κ1) is 7.55. The molecule has 0 aromatic heterocycles. The minimum Gasteiger partial charge on any atom is -0.491 e. The van der Waals surface area contributed by atoms with Crippen molar-refractivity contribution in [3.63, 3.8) is 0 Å². The quantitative estimate of drug-likeness (QED) is 0.636. The molecule has 2 rings (SSSR count). The van der Waals surface area contributed by atoms with Crippen molar-refractivity contribution in [1.82, 2.24) is 0 Å². The van der Waals surface area contributed by atoms with Crippen LogP contribution >= 0.6 is 0 Å². The first-order chi connectivity index (χ1) is 5.68. The van der Waals surface area contributed by atoms with Crippen LogP contribution in [-0.2, 0) is 0 Å². The number of hydrogen-bond donors (Lipinski definition) is 1. The summed E-state index contributed by atoms with van der Waals surface area (Å²) < 4.78 is 18.4. The van der Waals surface area contributed by atoms with Crippen LogP contribution in [0.15, 0.2) is 12.1 Å². The fraction of sp³-hybridized carbons (Fsp3) is 0.333. The highest BCUT2D eigenvalue weighted by molar-refractivity contribution is 5.43. The molecule has 1 aliphatic rings. The van der Waals surface area contributed by atoms with Gasteiger partial charge in [-0.05, 0) is 24.6 Å². The van der Waals surface area contributed by atoms with Crippen LogP contribution in [0.5, 0.6) is 5.75 Å². The highest BCUT2D eigenvalue weighted by Crippen LogP contribution is 2.33. The van der Waals surface area contributed by atoms with Crippen LogP contribution in [-0.4, -0.2) is 6.61 Å². The number of aryl methyl sites for hydroxylation is 1. The summed E-state index contributed by atoms with van der Waals surface area (Å²) in [5.74, 6) is 0.343. The van der Waals surface area contributed by atoms with Gasteiger partial charge in [0.15, 0.2) is 0 Å². The lowest BCUT2D eigenvalue weighted by Gasteiger charge is -2.03. The molecule has 0 bridgehead atoms. The molecule has 0 spiro atoms. The van der Waals surface area contributed by atoms with Crippen molar-refractivity contribution in [2.75, 3.05) is 6.61 Å². The molecule has 1 heterocycles. The summed E-state index contributed by atoms with van der Waals surface area (Å²) in [4.78, 5) is 0. The van der Waals surface area contributed by atoms with Crippen LogP contribution in [0.2, 0.25) is 0 Å². The van der Waals surface area contributed by atoms with E-state index in [1.54, 1.807) is 0 Å². The van der Waals surface area contributed by atoms with Crippen LogP contribution in [0.25, 0.3) is 0 Å². The van der Waals surface area contributed by atoms with E-state index >= 15 is 0 Å². The molecule has 0 radical (unpaired) electrons. The first-order valence-corrected chi connectivity index (χ1v) is 3.87. The Labute approximate surface area is 70.1 Å². The SMILES string of the molecule is Cc1cc(F)c2c(c1)OC[C@H]2N. The Bertz CT molecular complexity index is 325. The summed E-state index contributed by atoms with van der Waals surface area (Å²) in [7, 11) is 0. The van der Waals surface area contributed by atoms with Crippen molar-refractivity contribution in [3.8, 4) is 5.75 Å². The van der Waals surface area contributed by atoms with Gasteiger partial charge >= 0.3 is 0 Å². The van der Waals surface area contributed by atoms with Crippen molar-refractivity contribution in [1.29, 1.82) is 0 Å². The Morgan fingerprint density at radius 1 is 1.58 bits per heavy atom. The number of hydrogen-bond acceptors (Lipinski definition) is 2. The lowest BCUT2D eigenvalue weighted by molar-refractivity contribution is 0.333.